The van der Waals surface area contributed by atoms with Crippen LogP contribution in [-0.4, -0.2) is 48.4 Å². The smallest absolute Gasteiger partial charge is 0.224 e. The first kappa shape index (κ1) is 18.5. The van der Waals surface area contributed by atoms with E-state index in [9.17, 15) is 9.59 Å². The van der Waals surface area contributed by atoms with Gasteiger partial charge in [-0.05, 0) is 25.0 Å². The summed E-state index contributed by atoms with van der Waals surface area (Å²) in [5.74, 6) is 0.739. The molecular weight excluding hydrogens is 354 g/mol. The van der Waals surface area contributed by atoms with Gasteiger partial charge in [-0.25, -0.2) is 0 Å². The van der Waals surface area contributed by atoms with Crippen LogP contribution in [0, 0.1) is 0 Å². The van der Waals surface area contributed by atoms with Crippen molar-refractivity contribution in [3.05, 3.63) is 35.0 Å². The zero-order chi connectivity index (χ0) is 18.5. The van der Waals surface area contributed by atoms with Gasteiger partial charge >= 0.3 is 0 Å². The van der Waals surface area contributed by atoms with Gasteiger partial charge in [0.05, 0.1) is 24.1 Å². The molecule has 0 spiro atoms. The average Bonchev–Trinajstić information content (AvgIpc) is 3.04. The highest BCUT2D eigenvalue weighted by molar-refractivity contribution is 6.35. The maximum Gasteiger partial charge on any atom is 0.224 e. The van der Waals surface area contributed by atoms with Gasteiger partial charge in [-0.1, -0.05) is 11.6 Å². The van der Waals surface area contributed by atoms with Crippen LogP contribution in [-0.2, 0) is 16.0 Å². The lowest BCUT2D eigenvalue weighted by molar-refractivity contribution is -0.127. The van der Waals surface area contributed by atoms with Crippen molar-refractivity contribution in [2.24, 2.45) is 0 Å². The Kier molecular flexibility index (Phi) is 5.93. The van der Waals surface area contributed by atoms with E-state index in [0.29, 0.717) is 30.3 Å². The molecule has 6 nitrogen and oxygen atoms in total. The van der Waals surface area contributed by atoms with E-state index in [-0.39, 0.29) is 18.2 Å². The number of likely N-dealkylation sites (tertiary alicyclic amines) is 1. The number of carbonyl (C=O) groups is 2. The van der Waals surface area contributed by atoms with Crippen LogP contribution in [0.2, 0.25) is 5.02 Å². The number of fused-ring (bicyclic) bond motifs is 1. The highest BCUT2D eigenvalue weighted by Gasteiger charge is 2.19. The Hall–Kier alpha value is -2.34. The molecule has 0 atom stereocenters. The second-order valence-electron chi connectivity index (χ2n) is 6.34. The molecule has 138 valence electrons. The molecular formula is C19H22ClN3O3. The lowest BCUT2D eigenvalue weighted by atomic mass is 10.1. The van der Waals surface area contributed by atoms with Gasteiger partial charge in [0, 0.05) is 49.3 Å². The van der Waals surface area contributed by atoms with E-state index in [4.69, 9.17) is 16.3 Å². The summed E-state index contributed by atoms with van der Waals surface area (Å²) in [7, 11) is 1.57. The first-order valence-corrected chi connectivity index (χ1v) is 9.12. The normalized spacial score (nSPS) is 14.1. The molecule has 26 heavy (non-hydrogen) atoms. The Labute approximate surface area is 157 Å². The van der Waals surface area contributed by atoms with E-state index in [1.54, 1.807) is 25.4 Å². The van der Waals surface area contributed by atoms with Crippen molar-refractivity contribution >= 4 is 34.3 Å². The number of aromatic nitrogens is 1. The number of amides is 2. The third kappa shape index (κ3) is 4.25. The van der Waals surface area contributed by atoms with E-state index in [1.807, 2.05) is 11.0 Å². The van der Waals surface area contributed by atoms with Gasteiger partial charge in [0.15, 0.2) is 0 Å². The van der Waals surface area contributed by atoms with E-state index >= 15 is 0 Å². The molecule has 1 aromatic carbocycles. The van der Waals surface area contributed by atoms with Crippen molar-refractivity contribution in [1.29, 1.82) is 0 Å². The largest absolute Gasteiger partial charge is 0.496 e. The van der Waals surface area contributed by atoms with Crippen LogP contribution in [0.4, 0.5) is 0 Å². The number of pyridine rings is 1. The van der Waals surface area contributed by atoms with Crippen LogP contribution in [0.3, 0.4) is 0 Å². The minimum atomic E-state index is -0.0876. The lowest BCUT2D eigenvalue weighted by Crippen LogP contribution is -2.31. The van der Waals surface area contributed by atoms with Gasteiger partial charge in [-0.3, -0.25) is 14.6 Å². The van der Waals surface area contributed by atoms with E-state index in [2.05, 4.69) is 10.3 Å². The number of ether oxygens (including phenoxy) is 1. The first-order chi connectivity index (χ1) is 12.6. The fourth-order valence-corrected chi connectivity index (χ4v) is 3.39. The number of hydrogen-bond acceptors (Lipinski definition) is 4. The van der Waals surface area contributed by atoms with Gasteiger partial charge < -0.3 is 15.0 Å². The predicted octanol–water partition coefficient (Wildman–Crippen LogP) is 2.57. The van der Waals surface area contributed by atoms with Gasteiger partial charge in [0.2, 0.25) is 11.8 Å². The Bertz CT molecular complexity index is 825. The maximum atomic E-state index is 12.3. The third-order valence-corrected chi connectivity index (χ3v) is 4.87. The number of benzene rings is 1. The maximum absolute atomic E-state index is 12.3. The fraction of sp³-hybridized carbons (Fsp3) is 0.421. The molecule has 0 radical (unpaired) electrons. The second-order valence-corrected chi connectivity index (χ2v) is 6.75. The van der Waals surface area contributed by atoms with Crippen molar-refractivity contribution in [2.45, 2.75) is 25.7 Å². The summed E-state index contributed by atoms with van der Waals surface area (Å²) < 4.78 is 5.39. The van der Waals surface area contributed by atoms with Crippen LogP contribution in [0.15, 0.2) is 24.4 Å². The van der Waals surface area contributed by atoms with Crippen molar-refractivity contribution in [1.82, 2.24) is 15.2 Å². The highest BCUT2D eigenvalue weighted by Crippen LogP contribution is 2.29. The van der Waals surface area contributed by atoms with Crippen LogP contribution in [0.5, 0.6) is 5.75 Å². The number of hydrogen-bond donors (Lipinski definition) is 1. The van der Waals surface area contributed by atoms with Gasteiger partial charge in [-0.15, -0.1) is 0 Å². The van der Waals surface area contributed by atoms with Gasteiger partial charge in [0.1, 0.15) is 5.75 Å². The lowest BCUT2D eigenvalue weighted by Gasteiger charge is -2.15. The molecule has 2 amide bonds. The second kappa shape index (κ2) is 8.36. The molecule has 1 saturated heterocycles. The molecule has 1 aromatic heterocycles. The van der Waals surface area contributed by atoms with Crippen LogP contribution in [0.25, 0.3) is 10.9 Å². The predicted molar refractivity (Wildman–Crippen MR) is 100 cm³/mol. The highest BCUT2D eigenvalue weighted by atomic mass is 35.5. The molecule has 7 heteroatoms. The minimum Gasteiger partial charge on any atom is -0.496 e. The molecule has 1 aliphatic rings. The Balaban J connectivity index is 1.58. The summed E-state index contributed by atoms with van der Waals surface area (Å²) >= 11 is 6.22. The summed E-state index contributed by atoms with van der Waals surface area (Å²) in [6.45, 7) is 2.07. The van der Waals surface area contributed by atoms with E-state index in [1.165, 1.54) is 0 Å². The third-order valence-electron chi connectivity index (χ3n) is 4.54. The Morgan fingerprint density at radius 3 is 3.00 bits per heavy atom. The van der Waals surface area contributed by atoms with Crippen molar-refractivity contribution in [3.8, 4) is 5.75 Å². The monoisotopic (exact) mass is 375 g/mol. The first-order valence-electron chi connectivity index (χ1n) is 8.74. The molecule has 0 unspecified atom stereocenters. The van der Waals surface area contributed by atoms with E-state index < -0.39 is 0 Å². The molecule has 1 N–H and O–H groups in total. The molecule has 1 aliphatic heterocycles. The summed E-state index contributed by atoms with van der Waals surface area (Å²) in [5.41, 5.74) is 1.50. The number of rotatable bonds is 7. The number of methoxy groups -OCH3 is 1. The number of halogens is 1. The fourth-order valence-electron chi connectivity index (χ4n) is 3.19. The zero-order valence-corrected chi connectivity index (χ0v) is 15.5. The SMILES string of the molecule is COc1cc2nccc(Cl)c2cc1CC(=O)NCCCN1CCCC1=O. The van der Waals surface area contributed by atoms with Crippen LogP contribution in [0.1, 0.15) is 24.8 Å². The summed E-state index contributed by atoms with van der Waals surface area (Å²) in [6.07, 6.45) is 4.17. The zero-order valence-electron chi connectivity index (χ0n) is 14.8. The number of nitrogens with one attached hydrogen (secondary N) is 1. The Morgan fingerprint density at radius 1 is 1.42 bits per heavy atom. The minimum absolute atomic E-state index is 0.0876. The van der Waals surface area contributed by atoms with E-state index in [0.717, 1.165) is 35.9 Å². The summed E-state index contributed by atoms with van der Waals surface area (Å²) in [6, 6.07) is 5.37. The molecule has 3 rings (SSSR count). The number of carbonyl (C=O) groups excluding carboxylic acids is 2. The Morgan fingerprint density at radius 2 is 2.27 bits per heavy atom. The standard InChI is InChI=1S/C19H22ClN3O3/c1-26-17-12-16-14(15(20)5-7-21-16)10-13(17)11-18(24)22-6-3-9-23-8-2-4-19(23)25/h5,7,10,12H,2-4,6,8-9,11H2,1H3,(H,22,24). The van der Waals surface area contributed by atoms with Crippen molar-refractivity contribution in [3.63, 3.8) is 0 Å². The number of nitrogens with zero attached hydrogens (tertiary/aromatic N) is 2. The molecule has 0 aliphatic carbocycles. The molecule has 1 fully saturated rings. The molecule has 2 aromatic rings. The van der Waals surface area contributed by atoms with Crippen LogP contribution >= 0.6 is 11.6 Å². The van der Waals surface area contributed by atoms with Crippen LogP contribution < -0.4 is 10.1 Å². The average molecular weight is 376 g/mol. The van der Waals surface area contributed by atoms with Gasteiger partial charge in [-0.2, -0.15) is 0 Å². The van der Waals surface area contributed by atoms with Crippen molar-refractivity contribution < 1.29 is 14.3 Å². The summed E-state index contributed by atoms with van der Waals surface area (Å²) in [4.78, 5) is 30.0. The molecule has 0 bridgehead atoms. The molecule has 0 saturated carbocycles. The quantitative estimate of drug-likeness (QED) is 0.755. The topological polar surface area (TPSA) is 71.5 Å². The molecule has 2 heterocycles. The summed E-state index contributed by atoms with van der Waals surface area (Å²) in [5, 5.41) is 4.29. The van der Waals surface area contributed by atoms with Crippen molar-refractivity contribution in [2.75, 3.05) is 26.7 Å². The van der Waals surface area contributed by atoms with Gasteiger partial charge in [0.25, 0.3) is 0 Å².